The van der Waals surface area contributed by atoms with Gasteiger partial charge in [-0.2, -0.15) is 5.26 Å². The number of nitrogens with one attached hydrogen (secondary N) is 1. The van der Waals surface area contributed by atoms with Crippen LogP contribution in [0.3, 0.4) is 0 Å². The van der Waals surface area contributed by atoms with E-state index in [0.29, 0.717) is 29.7 Å². The number of nitrogens with zero attached hydrogens (tertiary/aromatic N) is 1. The summed E-state index contributed by atoms with van der Waals surface area (Å²) >= 11 is 5.86. The van der Waals surface area contributed by atoms with Crippen molar-refractivity contribution in [2.75, 3.05) is 18.5 Å². The van der Waals surface area contributed by atoms with Gasteiger partial charge in [-0.25, -0.2) is 0 Å². The van der Waals surface area contributed by atoms with E-state index in [9.17, 15) is 5.26 Å². The van der Waals surface area contributed by atoms with Gasteiger partial charge < -0.3 is 14.8 Å². The SMILES string of the molecule is N#CC(Nc1ccc(Cl)cc1)c1ccc2c(c1)OCCO2. The van der Waals surface area contributed by atoms with E-state index in [0.717, 1.165) is 11.3 Å². The van der Waals surface area contributed by atoms with Gasteiger partial charge in [-0.3, -0.25) is 0 Å². The number of ether oxygens (including phenoxy) is 2. The summed E-state index contributed by atoms with van der Waals surface area (Å²) in [6.45, 7) is 1.08. The molecule has 1 aliphatic rings. The van der Waals surface area contributed by atoms with E-state index in [-0.39, 0.29) is 0 Å². The van der Waals surface area contributed by atoms with E-state index in [1.54, 1.807) is 12.1 Å². The Balaban J connectivity index is 1.83. The summed E-state index contributed by atoms with van der Waals surface area (Å²) < 4.78 is 11.0. The highest BCUT2D eigenvalue weighted by molar-refractivity contribution is 6.30. The second kappa shape index (κ2) is 5.94. The fourth-order valence-electron chi connectivity index (χ4n) is 2.14. The summed E-state index contributed by atoms with van der Waals surface area (Å²) in [7, 11) is 0. The van der Waals surface area contributed by atoms with E-state index in [1.807, 2.05) is 30.3 Å². The molecule has 3 rings (SSSR count). The van der Waals surface area contributed by atoms with Crippen molar-refractivity contribution in [2.45, 2.75) is 6.04 Å². The fourth-order valence-corrected chi connectivity index (χ4v) is 2.27. The van der Waals surface area contributed by atoms with Crippen molar-refractivity contribution in [2.24, 2.45) is 0 Å². The number of hydrogen-bond donors (Lipinski definition) is 1. The van der Waals surface area contributed by atoms with Gasteiger partial charge in [0.2, 0.25) is 0 Å². The number of rotatable bonds is 3. The molecule has 0 bridgehead atoms. The molecule has 0 fully saturated rings. The van der Waals surface area contributed by atoms with Gasteiger partial charge in [0, 0.05) is 10.7 Å². The zero-order valence-corrected chi connectivity index (χ0v) is 11.9. The molecule has 21 heavy (non-hydrogen) atoms. The van der Waals surface area contributed by atoms with Gasteiger partial charge in [0.1, 0.15) is 19.3 Å². The maximum Gasteiger partial charge on any atom is 0.161 e. The molecule has 1 aliphatic heterocycles. The van der Waals surface area contributed by atoms with E-state index < -0.39 is 6.04 Å². The molecule has 1 atom stereocenters. The standard InChI is InChI=1S/C16H13ClN2O2/c17-12-2-4-13(5-3-12)19-14(10-18)11-1-6-15-16(9-11)21-8-7-20-15/h1-6,9,14,19H,7-8H2. The van der Waals surface area contributed by atoms with Crippen LogP contribution >= 0.6 is 11.6 Å². The smallest absolute Gasteiger partial charge is 0.161 e. The van der Waals surface area contributed by atoms with Crippen LogP contribution in [0, 0.1) is 11.3 Å². The van der Waals surface area contributed by atoms with Crippen molar-refractivity contribution in [3.63, 3.8) is 0 Å². The molecule has 2 aromatic rings. The van der Waals surface area contributed by atoms with Gasteiger partial charge in [0.25, 0.3) is 0 Å². The van der Waals surface area contributed by atoms with Gasteiger partial charge >= 0.3 is 0 Å². The van der Waals surface area contributed by atoms with Crippen molar-refractivity contribution in [3.8, 4) is 17.6 Å². The average molecular weight is 301 g/mol. The van der Waals surface area contributed by atoms with Crippen LogP contribution in [0.1, 0.15) is 11.6 Å². The molecule has 1 unspecified atom stereocenters. The van der Waals surface area contributed by atoms with Gasteiger partial charge in [0.15, 0.2) is 11.5 Å². The minimum absolute atomic E-state index is 0.470. The topological polar surface area (TPSA) is 54.3 Å². The van der Waals surface area contributed by atoms with Crippen LogP contribution in [-0.4, -0.2) is 13.2 Å². The highest BCUT2D eigenvalue weighted by atomic mass is 35.5. The first-order valence-electron chi connectivity index (χ1n) is 6.57. The number of benzene rings is 2. The van der Waals surface area contributed by atoms with Crippen LogP contribution in [0.2, 0.25) is 5.02 Å². The number of fused-ring (bicyclic) bond motifs is 1. The molecular weight excluding hydrogens is 288 g/mol. The molecule has 0 aromatic heterocycles. The van der Waals surface area contributed by atoms with Crippen molar-refractivity contribution in [1.29, 1.82) is 5.26 Å². The predicted octanol–water partition coefficient (Wildman–Crippen LogP) is 3.79. The van der Waals surface area contributed by atoms with Gasteiger partial charge in [-0.1, -0.05) is 17.7 Å². The summed E-state index contributed by atoms with van der Waals surface area (Å²) in [6.07, 6.45) is 0. The molecule has 1 N–H and O–H groups in total. The minimum Gasteiger partial charge on any atom is -0.486 e. The summed E-state index contributed by atoms with van der Waals surface area (Å²) in [5.74, 6) is 1.39. The maximum atomic E-state index is 9.39. The maximum absolute atomic E-state index is 9.39. The third kappa shape index (κ3) is 3.04. The molecule has 1 heterocycles. The Morgan fingerprint density at radius 3 is 2.48 bits per heavy atom. The predicted molar refractivity (Wildman–Crippen MR) is 80.9 cm³/mol. The second-order valence-corrected chi connectivity index (χ2v) is 5.05. The Bertz CT molecular complexity index is 680. The highest BCUT2D eigenvalue weighted by Gasteiger charge is 2.16. The zero-order chi connectivity index (χ0) is 14.7. The van der Waals surface area contributed by atoms with E-state index in [1.165, 1.54) is 0 Å². The Morgan fingerprint density at radius 1 is 1.05 bits per heavy atom. The molecule has 5 heteroatoms. The Labute approximate surface area is 127 Å². The average Bonchev–Trinajstić information content (AvgIpc) is 2.54. The first kappa shape index (κ1) is 13.6. The molecule has 0 spiro atoms. The summed E-state index contributed by atoms with van der Waals surface area (Å²) in [5.41, 5.74) is 1.66. The first-order valence-corrected chi connectivity index (χ1v) is 6.95. The van der Waals surface area contributed by atoms with Gasteiger partial charge in [-0.05, 0) is 42.0 Å². The van der Waals surface area contributed by atoms with Crippen molar-refractivity contribution < 1.29 is 9.47 Å². The van der Waals surface area contributed by atoms with Crippen LogP contribution in [0.4, 0.5) is 5.69 Å². The third-order valence-electron chi connectivity index (χ3n) is 3.18. The molecule has 0 saturated heterocycles. The van der Waals surface area contributed by atoms with Crippen molar-refractivity contribution >= 4 is 17.3 Å². The van der Waals surface area contributed by atoms with Crippen LogP contribution in [-0.2, 0) is 0 Å². The lowest BCUT2D eigenvalue weighted by molar-refractivity contribution is 0.171. The number of anilines is 1. The van der Waals surface area contributed by atoms with Gasteiger partial charge in [-0.15, -0.1) is 0 Å². The lowest BCUT2D eigenvalue weighted by atomic mass is 10.1. The van der Waals surface area contributed by atoms with Crippen molar-refractivity contribution in [1.82, 2.24) is 0 Å². The Hall–Kier alpha value is -2.38. The third-order valence-corrected chi connectivity index (χ3v) is 3.44. The van der Waals surface area contributed by atoms with E-state index in [4.69, 9.17) is 21.1 Å². The Kier molecular flexibility index (Phi) is 3.85. The molecule has 106 valence electrons. The van der Waals surface area contributed by atoms with Crippen LogP contribution in [0.5, 0.6) is 11.5 Å². The quantitative estimate of drug-likeness (QED) is 0.937. The Morgan fingerprint density at radius 2 is 1.76 bits per heavy atom. The lowest BCUT2D eigenvalue weighted by Crippen LogP contribution is -2.16. The monoisotopic (exact) mass is 300 g/mol. The summed E-state index contributed by atoms with van der Waals surface area (Å²) in [5, 5.41) is 13.2. The van der Waals surface area contributed by atoms with Crippen molar-refractivity contribution in [3.05, 3.63) is 53.1 Å². The highest BCUT2D eigenvalue weighted by Crippen LogP contribution is 2.33. The molecule has 0 aliphatic carbocycles. The number of hydrogen-bond acceptors (Lipinski definition) is 4. The molecule has 0 saturated carbocycles. The van der Waals surface area contributed by atoms with Gasteiger partial charge in [0.05, 0.1) is 6.07 Å². The molecular formula is C16H13ClN2O2. The van der Waals surface area contributed by atoms with Crippen LogP contribution in [0.15, 0.2) is 42.5 Å². The normalized spacial score (nSPS) is 14.1. The summed E-state index contributed by atoms with van der Waals surface area (Å²) in [4.78, 5) is 0. The summed E-state index contributed by atoms with van der Waals surface area (Å²) in [6, 6.07) is 14.5. The lowest BCUT2D eigenvalue weighted by Gasteiger charge is -2.20. The van der Waals surface area contributed by atoms with Crippen LogP contribution in [0.25, 0.3) is 0 Å². The molecule has 0 radical (unpaired) electrons. The molecule has 0 amide bonds. The second-order valence-electron chi connectivity index (χ2n) is 4.62. The zero-order valence-electron chi connectivity index (χ0n) is 11.2. The fraction of sp³-hybridized carbons (Fsp3) is 0.188. The molecule has 4 nitrogen and oxygen atoms in total. The minimum atomic E-state index is -0.470. The number of halogens is 1. The molecule has 2 aromatic carbocycles. The number of nitriles is 1. The van der Waals surface area contributed by atoms with E-state index >= 15 is 0 Å². The van der Waals surface area contributed by atoms with E-state index in [2.05, 4.69) is 11.4 Å². The van der Waals surface area contributed by atoms with Crippen LogP contribution < -0.4 is 14.8 Å². The first-order chi connectivity index (χ1) is 10.3. The largest absolute Gasteiger partial charge is 0.486 e.